The van der Waals surface area contributed by atoms with E-state index in [9.17, 15) is 10.1 Å². The molecule has 2 aromatic heterocycles. The minimum absolute atomic E-state index is 0.0123. The first kappa shape index (κ1) is 13.2. The van der Waals surface area contributed by atoms with Crippen molar-refractivity contribution in [1.82, 2.24) is 0 Å². The van der Waals surface area contributed by atoms with Crippen molar-refractivity contribution in [3.8, 4) is 0 Å². The molecule has 0 amide bonds. The summed E-state index contributed by atoms with van der Waals surface area (Å²) in [7, 11) is 0. The Balaban J connectivity index is 1.84. The largest absolute Gasteiger partial charge is 0.463 e. The van der Waals surface area contributed by atoms with Crippen LogP contribution in [0, 0.1) is 10.1 Å². The van der Waals surface area contributed by atoms with E-state index >= 15 is 0 Å². The highest BCUT2D eigenvalue weighted by atomic mass is 16.6. The molecule has 0 aliphatic carbocycles. The van der Waals surface area contributed by atoms with Gasteiger partial charge in [-0.1, -0.05) is 0 Å². The summed E-state index contributed by atoms with van der Waals surface area (Å²) in [4.78, 5) is 10.5. The number of hydrogen-bond acceptors (Lipinski definition) is 6. The number of nitro groups is 1. The molecule has 0 unspecified atom stereocenters. The lowest BCUT2D eigenvalue weighted by Gasteiger charge is -2.24. The van der Waals surface area contributed by atoms with Crippen molar-refractivity contribution >= 4 is 28.5 Å². The van der Waals surface area contributed by atoms with Crippen LogP contribution in [0.15, 0.2) is 63.8 Å². The van der Waals surface area contributed by atoms with Gasteiger partial charge in [0.1, 0.15) is 11.4 Å². The molecule has 1 aliphatic heterocycles. The molecule has 1 aliphatic rings. The average Bonchev–Trinajstić information content (AvgIpc) is 3.26. The molecule has 0 atom stereocenters. The molecule has 1 aromatic carbocycles. The zero-order chi connectivity index (χ0) is 15.8. The molecule has 3 heterocycles. The maximum atomic E-state index is 11.0. The van der Waals surface area contributed by atoms with Gasteiger partial charge in [-0.25, -0.2) is 0 Å². The number of benzene rings is 1. The number of non-ortho nitro benzene ring substituents is 1. The van der Waals surface area contributed by atoms with Crippen LogP contribution in [0.4, 0.5) is 17.1 Å². The Kier molecular flexibility index (Phi) is 2.90. The first-order chi connectivity index (χ1) is 11.2. The summed E-state index contributed by atoms with van der Waals surface area (Å²) in [5.74, 6) is 1.23. The Hall–Kier alpha value is -3.48. The first-order valence-electron chi connectivity index (χ1n) is 6.87. The van der Waals surface area contributed by atoms with E-state index in [1.807, 2.05) is 6.07 Å². The minimum atomic E-state index is -0.430. The van der Waals surface area contributed by atoms with E-state index in [1.54, 1.807) is 36.8 Å². The van der Waals surface area contributed by atoms with E-state index in [0.29, 0.717) is 28.6 Å². The van der Waals surface area contributed by atoms with Crippen LogP contribution in [0.2, 0.25) is 0 Å². The van der Waals surface area contributed by atoms with E-state index in [2.05, 4.69) is 10.6 Å². The van der Waals surface area contributed by atoms with Crippen molar-refractivity contribution in [2.75, 3.05) is 10.6 Å². The molecule has 7 heteroatoms. The second-order valence-corrected chi connectivity index (χ2v) is 4.94. The monoisotopic (exact) mass is 309 g/mol. The Morgan fingerprint density at radius 3 is 2.00 bits per heavy atom. The third kappa shape index (κ3) is 2.24. The molecule has 3 aromatic rings. The van der Waals surface area contributed by atoms with Crippen LogP contribution < -0.4 is 10.6 Å². The van der Waals surface area contributed by atoms with Crippen LogP contribution in [0.25, 0.3) is 11.4 Å². The molecule has 2 N–H and O–H groups in total. The van der Waals surface area contributed by atoms with Crippen LogP contribution in [0.5, 0.6) is 0 Å². The zero-order valence-electron chi connectivity index (χ0n) is 11.8. The number of hydrogen-bond donors (Lipinski definition) is 2. The lowest BCUT2D eigenvalue weighted by atomic mass is 10.1. The molecule has 0 bridgehead atoms. The van der Waals surface area contributed by atoms with Gasteiger partial charge >= 0.3 is 0 Å². The van der Waals surface area contributed by atoms with Crippen LogP contribution in [0.3, 0.4) is 0 Å². The van der Waals surface area contributed by atoms with Gasteiger partial charge in [-0.2, -0.15) is 0 Å². The Bertz CT molecular complexity index is 896. The topological polar surface area (TPSA) is 93.5 Å². The van der Waals surface area contributed by atoms with Crippen LogP contribution in [0.1, 0.15) is 11.5 Å². The third-order valence-electron chi connectivity index (χ3n) is 3.52. The predicted octanol–water partition coefficient (Wildman–Crippen LogP) is 4.14. The number of rotatable bonds is 3. The highest BCUT2D eigenvalue weighted by molar-refractivity contribution is 6.04. The van der Waals surface area contributed by atoms with Crippen molar-refractivity contribution in [2.45, 2.75) is 0 Å². The molecule has 7 nitrogen and oxygen atoms in total. The summed E-state index contributed by atoms with van der Waals surface area (Å²) in [6.45, 7) is 0. The SMILES string of the molecule is O=[N+]([O-])c1ccc2c(c1)NC(c1ccco1)=C(c1ccco1)N2. The number of anilines is 2. The molecular weight excluding hydrogens is 298 g/mol. The van der Waals surface area contributed by atoms with E-state index in [0.717, 1.165) is 5.69 Å². The number of nitrogens with zero attached hydrogens (tertiary/aromatic N) is 1. The van der Waals surface area contributed by atoms with Gasteiger partial charge in [0.05, 0.1) is 28.8 Å². The summed E-state index contributed by atoms with van der Waals surface area (Å²) in [6.07, 6.45) is 3.14. The van der Waals surface area contributed by atoms with Crippen molar-refractivity contribution < 1.29 is 13.8 Å². The van der Waals surface area contributed by atoms with Gasteiger partial charge in [0.25, 0.3) is 5.69 Å². The molecule has 23 heavy (non-hydrogen) atoms. The summed E-state index contributed by atoms with van der Waals surface area (Å²) in [6, 6.07) is 11.8. The minimum Gasteiger partial charge on any atom is -0.463 e. The van der Waals surface area contributed by atoms with Gasteiger partial charge in [-0.15, -0.1) is 0 Å². The van der Waals surface area contributed by atoms with E-state index < -0.39 is 4.92 Å². The summed E-state index contributed by atoms with van der Waals surface area (Å²) in [5, 5.41) is 17.4. The molecule has 0 saturated heterocycles. The van der Waals surface area contributed by atoms with Gasteiger partial charge in [0.15, 0.2) is 11.5 Å². The van der Waals surface area contributed by atoms with Gasteiger partial charge in [0.2, 0.25) is 0 Å². The van der Waals surface area contributed by atoms with E-state index in [1.165, 1.54) is 12.1 Å². The highest BCUT2D eigenvalue weighted by Gasteiger charge is 2.24. The smallest absolute Gasteiger partial charge is 0.271 e. The lowest BCUT2D eigenvalue weighted by Crippen LogP contribution is -2.14. The fourth-order valence-electron chi connectivity index (χ4n) is 2.46. The molecule has 0 spiro atoms. The van der Waals surface area contributed by atoms with E-state index in [-0.39, 0.29) is 5.69 Å². The van der Waals surface area contributed by atoms with Crippen LogP contribution in [-0.2, 0) is 0 Å². The average molecular weight is 309 g/mol. The number of nitro benzene ring substituents is 1. The van der Waals surface area contributed by atoms with Gasteiger partial charge in [-0.05, 0) is 30.3 Å². The maximum absolute atomic E-state index is 11.0. The van der Waals surface area contributed by atoms with E-state index in [4.69, 9.17) is 8.83 Å². The molecule has 0 radical (unpaired) electrons. The zero-order valence-corrected chi connectivity index (χ0v) is 11.8. The maximum Gasteiger partial charge on any atom is 0.271 e. The number of fused-ring (bicyclic) bond motifs is 1. The molecule has 4 rings (SSSR count). The predicted molar refractivity (Wildman–Crippen MR) is 84.6 cm³/mol. The van der Waals surface area contributed by atoms with Crippen molar-refractivity contribution in [3.05, 3.63) is 76.6 Å². The van der Waals surface area contributed by atoms with Crippen molar-refractivity contribution in [1.29, 1.82) is 0 Å². The molecular formula is C16H11N3O4. The summed E-state index contributed by atoms with van der Waals surface area (Å²) < 4.78 is 10.9. The van der Waals surface area contributed by atoms with Gasteiger partial charge in [0, 0.05) is 12.1 Å². The quantitative estimate of drug-likeness (QED) is 0.557. The fraction of sp³-hybridized carbons (Fsp3) is 0. The number of nitrogens with one attached hydrogen (secondary N) is 2. The lowest BCUT2D eigenvalue weighted by molar-refractivity contribution is -0.384. The standard InChI is InChI=1S/C16H11N3O4/c20-19(21)10-5-6-11-12(9-10)18-16(14-4-2-8-23-14)15(17-11)13-3-1-7-22-13/h1-9,17-18H. The highest BCUT2D eigenvalue weighted by Crippen LogP contribution is 2.39. The van der Waals surface area contributed by atoms with Gasteiger partial charge in [-0.3, -0.25) is 10.1 Å². The molecule has 114 valence electrons. The fourth-order valence-corrected chi connectivity index (χ4v) is 2.46. The van der Waals surface area contributed by atoms with Crippen molar-refractivity contribution in [3.63, 3.8) is 0 Å². The Labute approximate surface area is 130 Å². The van der Waals surface area contributed by atoms with Gasteiger partial charge < -0.3 is 19.5 Å². The molecule has 0 saturated carbocycles. The number of furan rings is 2. The van der Waals surface area contributed by atoms with Crippen molar-refractivity contribution in [2.24, 2.45) is 0 Å². The third-order valence-corrected chi connectivity index (χ3v) is 3.52. The second-order valence-electron chi connectivity index (χ2n) is 4.94. The summed E-state index contributed by atoms with van der Waals surface area (Å²) >= 11 is 0. The first-order valence-corrected chi connectivity index (χ1v) is 6.87. The second kappa shape index (κ2) is 5.06. The Morgan fingerprint density at radius 1 is 0.870 bits per heavy atom. The molecule has 0 fully saturated rings. The summed E-state index contributed by atoms with van der Waals surface area (Å²) in [5.41, 5.74) is 2.68. The normalized spacial score (nSPS) is 13.2. The van der Waals surface area contributed by atoms with Crippen LogP contribution in [-0.4, -0.2) is 4.92 Å². The van der Waals surface area contributed by atoms with Crippen LogP contribution >= 0.6 is 0 Å². The Morgan fingerprint density at radius 2 is 1.48 bits per heavy atom.